The van der Waals surface area contributed by atoms with Crippen molar-refractivity contribution in [2.45, 2.75) is 52.1 Å². The number of nitrogen functional groups attached to an aromatic ring is 1. The molecular weight excluding hydrogens is 322 g/mol. The molecule has 0 bridgehead atoms. The average Bonchev–Trinajstić information content (AvgIpc) is 2.54. The normalized spacial score (nSPS) is 15.8. The van der Waals surface area contributed by atoms with Crippen LogP contribution in [-0.2, 0) is 9.47 Å². The number of rotatable bonds is 3. The number of likely N-dealkylation sites (tertiary alicyclic amines) is 1. The highest BCUT2D eigenvalue weighted by Crippen LogP contribution is 2.28. The van der Waals surface area contributed by atoms with Crippen molar-refractivity contribution >= 4 is 17.7 Å². The maximum atomic E-state index is 12.1. The lowest BCUT2D eigenvalue weighted by molar-refractivity contribution is 0.0204. The summed E-state index contributed by atoms with van der Waals surface area (Å²) in [6.45, 7) is 8.77. The Balaban J connectivity index is 2.02. The van der Waals surface area contributed by atoms with Gasteiger partial charge in [0.15, 0.2) is 5.69 Å². The number of esters is 1. The van der Waals surface area contributed by atoms with E-state index in [4.69, 9.17) is 15.2 Å². The number of piperidine rings is 1. The minimum atomic E-state index is -0.506. The summed E-state index contributed by atoms with van der Waals surface area (Å²) in [5.74, 6) is -0.333. The summed E-state index contributed by atoms with van der Waals surface area (Å²) in [5.41, 5.74) is 6.62. The highest BCUT2D eigenvalue weighted by Gasteiger charge is 2.28. The largest absolute Gasteiger partial charge is 0.461 e. The quantitative estimate of drug-likeness (QED) is 0.843. The number of amides is 1. The molecule has 0 aliphatic carbocycles. The summed E-state index contributed by atoms with van der Waals surface area (Å²) < 4.78 is 10.4. The van der Waals surface area contributed by atoms with E-state index < -0.39 is 11.6 Å². The molecule has 0 unspecified atom stereocenters. The number of hydrogen-bond acceptors (Lipinski definition) is 6. The van der Waals surface area contributed by atoms with Crippen LogP contribution in [0.5, 0.6) is 0 Å². The Morgan fingerprint density at radius 3 is 2.48 bits per heavy atom. The number of ether oxygens (including phenoxy) is 2. The van der Waals surface area contributed by atoms with E-state index in [1.54, 1.807) is 17.9 Å². The first-order chi connectivity index (χ1) is 11.7. The molecule has 7 heteroatoms. The van der Waals surface area contributed by atoms with Gasteiger partial charge in [-0.3, -0.25) is 0 Å². The Morgan fingerprint density at radius 1 is 1.28 bits per heavy atom. The first-order valence-corrected chi connectivity index (χ1v) is 8.62. The van der Waals surface area contributed by atoms with Gasteiger partial charge in [0.1, 0.15) is 5.60 Å². The number of nitrogens with two attached hydrogens (primary N) is 1. The summed E-state index contributed by atoms with van der Waals surface area (Å²) in [6.07, 6.45) is 1.24. The number of pyridine rings is 1. The van der Waals surface area contributed by atoms with Crippen LogP contribution >= 0.6 is 0 Å². The van der Waals surface area contributed by atoms with Gasteiger partial charge in [-0.25, -0.2) is 14.6 Å². The molecule has 1 aliphatic heterocycles. The Labute approximate surface area is 148 Å². The Bertz CT molecular complexity index is 632. The molecule has 25 heavy (non-hydrogen) atoms. The lowest BCUT2D eigenvalue weighted by Gasteiger charge is -2.33. The second-order valence-electron chi connectivity index (χ2n) is 7.14. The lowest BCUT2D eigenvalue weighted by Crippen LogP contribution is -2.41. The van der Waals surface area contributed by atoms with Crippen LogP contribution in [0, 0.1) is 0 Å². The van der Waals surface area contributed by atoms with E-state index in [2.05, 4.69) is 4.98 Å². The summed E-state index contributed by atoms with van der Waals surface area (Å²) in [7, 11) is 0. The van der Waals surface area contributed by atoms with E-state index in [1.165, 1.54) is 0 Å². The zero-order valence-electron chi connectivity index (χ0n) is 15.4. The van der Waals surface area contributed by atoms with Gasteiger partial charge in [-0.15, -0.1) is 0 Å². The molecule has 2 rings (SSSR count). The third kappa shape index (κ3) is 5.08. The molecule has 2 heterocycles. The number of anilines is 1. The molecule has 7 nitrogen and oxygen atoms in total. The van der Waals surface area contributed by atoms with Gasteiger partial charge in [-0.1, -0.05) is 0 Å². The Hall–Kier alpha value is -2.31. The van der Waals surface area contributed by atoms with Crippen LogP contribution in [0.2, 0.25) is 0 Å². The standard InChI is InChI=1S/C18H27N3O4/c1-5-24-16(22)15-13(19)6-7-14(20-15)12-8-10-21(11-9-12)17(23)25-18(2,3)4/h6-7,12H,5,8-11,19H2,1-4H3. The zero-order valence-corrected chi connectivity index (χ0v) is 15.4. The number of carbonyl (C=O) groups is 2. The molecular formula is C18H27N3O4. The van der Waals surface area contributed by atoms with E-state index in [0.29, 0.717) is 18.8 Å². The van der Waals surface area contributed by atoms with Gasteiger partial charge in [0.05, 0.1) is 12.3 Å². The molecule has 1 aromatic rings. The fraction of sp³-hybridized carbons (Fsp3) is 0.611. The second kappa shape index (κ2) is 7.72. The molecule has 1 amide bonds. The molecule has 1 fully saturated rings. The van der Waals surface area contributed by atoms with Crippen molar-refractivity contribution in [3.8, 4) is 0 Å². The van der Waals surface area contributed by atoms with Gasteiger partial charge in [0.25, 0.3) is 0 Å². The predicted octanol–water partition coefficient (Wildman–Crippen LogP) is 2.96. The van der Waals surface area contributed by atoms with Crippen LogP contribution in [0.15, 0.2) is 12.1 Å². The van der Waals surface area contributed by atoms with Crippen LogP contribution in [-0.4, -0.2) is 47.2 Å². The molecule has 0 spiro atoms. The van der Waals surface area contributed by atoms with E-state index in [0.717, 1.165) is 18.5 Å². The molecule has 1 saturated heterocycles. The number of hydrogen-bond donors (Lipinski definition) is 1. The molecule has 0 atom stereocenters. The molecule has 138 valence electrons. The van der Waals surface area contributed by atoms with E-state index in [1.807, 2.05) is 26.8 Å². The van der Waals surface area contributed by atoms with Crippen molar-refractivity contribution in [1.29, 1.82) is 0 Å². The molecule has 1 aromatic heterocycles. The van der Waals surface area contributed by atoms with Gasteiger partial charge in [0.2, 0.25) is 0 Å². The summed E-state index contributed by atoms with van der Waals surface area (Å²) in [4.78, 5) is 30.2. The van der Waals surface area contributed by atoms with Crippen molar-refractivity contribution in [1.82, 2.24) is 9.88 Å². The monoisotopic (exact) mass is 349 g/mol. The fourth-order valence-corrected chi connectivity index (χ4v) is 2.76. The summed E-state index contributed by atoms with van der Waals surface area (Å²) in [6, 6.07) is 3.53. The second-order valence-corrected chi connectivity index (χ2v) is 7.14. The topological polar surface area (TPSA) is 94.8 Å². The Kier molecular flexibility index (Phi) is 5.87. The maximum absolute atomic E-state index is 12.1. The minimum absolute atomic E-state index is 0.161. The van der Waals surface area contributed by atoms with E-state index >= 15 is 0 Å². The molecule has 0 radical (unpaired) electrons. The number of aromatic nitrogens is 1. The molecule has 1 aliphatic rings. The van der Waals surface area contributed by atoms with Crippen molar-refractivity contribution in [3.63, 3.8) is 0 Å². The van der Waals surface area contributed by atoms with Crippen molar-refractivity contribution in [2.24, 2.45) is 0 Å². The van der Waals surface area contributed by atoms with Crippen molar-refractivity contribution < 1.29 is 19.1 Å². The van der Waals surface area contributed by atoms with Crippen LogP contribution in [0.4, 0.5) is 10.5 Å². The van der Waals surface area contributed by atoms with Crippen LogP contribution < -0.4 is 5.73 Å². The van der Waals surface area contributed by atoms with E-state index in [9.17, 15) is 9.59 Å². The summed E-state index contributed by atoms with van der Waals surface area (Å²) >= 11 is 0. The molecule has 0 saturated carbocycles. The van der Waals surface area contributed by atoms with Crippen LogP contribution in [0.1, 0.15) is 62.6 Å². The highest BCUT2D eigenvalue weighted by molar-refractivity contribution is 5.92. The van der Waals surface area contributed by atoms with Crippen LogP contribution in [0.25, 0.3) is 0 Å². The molecule has 0 aromatic carbocycles. The minimum Gasteiger partial charge on any atom is -0.461 e. The predicted molar refractivity (Wildman–Crippen MR) is 94.4 cm³/mol. The SMILES string of the molecule is CCOC(=O)c1nc(C2CCN(C(=O)OC(C)(C)C)CC2)ccc1N. The number of carbonyl (C=O) groups excluding carboxylic acids is 2. The van der Waals surface area contributed by atoms with Gasteiger partial charge >= 0.3 is 12.1 Å². The van der Waals surface area contributed by atoms with Gasteiger partial charge < -0.3 is 20.1 Å². The van der Waals surface area contributed by atoms with E-state index in [-0.39, 0.29) is 24.3 Å². The van der Waals surface area contributed by atoms with Gasteiger partial charge in [-0.05, 0) is 52.7 Å². The van der Waals surface area contributed by atoms with Crippen molar-refractivity contribution in [2.75, 3.05) is 25.4 Å². The highest BCUT2D eigenvalue weighted by atomic mass is 16.6. The summed E-state index contributed by atoms with van der Waals surface area (Å²) in [5, 5.41) is 0. The first kappa shape index (κ1) is 19.0. The fourth-order valence-electron chi connectivity index (χ4n) is 2.76. The van der Waals surface area contributed by atoms with Gasteiger partial charge in [0, 0.05) is 24.7 Å². The third-order valence-corrected chi connectivity index (χ3v) is 3.98. The zero-order chi connectivity index (χ0) is 18.6. The smallest absolute Gasteiger partial charge is 0.410 e. The van der Waals surface area contributed by atoms with Crippen molar-refractivity contribution in [3.05, 3.63) is 23.5 Å². The Morgan fingerprint density at radius 2 is 1.92 bits per heavy atom. The maximum Gasteiger partial charge on any atom is 0.410 e. The number of nitrogens with zero attached hydrogens (tertiary/aromatic N) is 2. The van der Waals surface area contributed by atoms with Gasteiger partial charge in [-0.2, -0.15) is 0 Å². The lowest BCUT2D eigenvalue weighted by atomic mass is 9.93. The first-order valence-electron chi connectivity index (χ1n) is 8.62. The molecule has 2 N–H and O–H groups in total. The average molecular weight is 349 g/mol. The third-order valence-electron chi connectivity index (χ3n) is 3.98. The van der Waals surface area contributed by atoms with Crippen LogP contribution in [0.3, 0.4) is 0 Å².